The topological polar surface area (TPSA) is 30.5 Å². The van der Waals surface area contributed by atoms with Gasteiger partial charge in [-0.05, 0) is 43.5 Å². The first-order valence-corrected chi connectivity index (χ1v) is 9.49. The summed E-state index contributed by atoms with van der Waals surface area (Å²) >= 11 is 6.20. The van der Waals surface area contributed by atoms with Crippen molar-refractivity contribution in [2.24, 2.45) is 0 Å². The van der Waals surface area contributed by atoms with Crippen molar-refractivity contribution < 1.29 is 9.47 Å². The van der Waals surface area contributed by atoms with Gasteiger partial charge in [-0.2, -0.15) is 0 Å². The van der Waals surface area contributed by atoms with Gasteiger partial charge < -0.3 is 14.8 Å². The van der Waals surface area contributed by atoms with Gasteiger partial charge in [0.25, 0.3) is 0 Å². The number of halogens is 2. The number of rotatable bonds is 8. The van der Waals surface area contributed by atoms with E-state index < -0.39 is 0 Å². The summed E-state index contributed by atoms with van der Waals surface area (Å²) < 4.78 is 11.7. The molecule has 1 N–H and O–H groups in total. The van der Waals surface area contributed by atoms with Crippen LogP contribution in [0.15, 0.2) is 42.5 Å². The number of ether oxygens (including phenoxy) is 2. The van der Waals surface area contributed by atoms with Gasteiger partial charge in [-0.25, -0.2) is 0 Å². The summed E-state index contributed by atoms with van der Waals surface area (Å²) in [6.45, 7) is 3.90. The lowest BCUT2D eigenvalue weighted by Crippen LogP contribution is -2.25. The highest BCUT2D eigenvalue weighted by atomic mass is 35.5. The summed E-state index contributed by atoms with van der Waals surface area (Å²) in [5.41, 5.74) is 2.19. The predicted molar refractivity (Wildman–Crippen MR) is 110 cm³/mol. The Bertz CT molecular complexity index is 687. The fraction of sp³-hybridized carbons (Fsp3) is 0.429. The van der Waals surface area contributed by atoms with E-state index >= 15 is 0 Å². The van der Waals surface area contributed by atoms with Crippen LogP contribution in [0.2, 0.25) is 5.02 Å². The molecule has 2 aromatic rings. The second-order valence-corrected chi connectivity index (χ2v) is 6.86. The summed E-state index contributed by atoms with van der Waals surface area (Å²) in [6.07, 6.45) is 5.27. The van der Waals surface area contributed by atoms with E-state index in [1.54, 1.807) is 0 Å². The highest BCUT2D eigenvalue weighted by molar-refractivity contribution is 6.31. The van der Waals surface area contributed by atoms with Crippen LogP contribution in [0.5, 0.6) is 11.5 Å². The molecule has 0 bridgehead atoms. The summed E-state index contributed by atoms with van der Waals surface area (Å²) in [4.78, 5) is 0. The van der Waals surface area contributed by atoms with Crippen molar-refractivity contribution in [3.63, 3.8) is 0 Å². The van der Waals surface area contributed by atoms with Crippen molar-refractivity contribution in [1.29, 1.82) is 0 Å². The fourth-order valence-electron chi connectivity index (χ4n) is 3.21. The Kier molecular flexibility index (Phi) is 8.56. The zero-order chi connectivity index (χ0) is 17.5. The molecule has 0 aromatic heterocycles. The van der Waals surface area contributed by atoms with E-state index in [0.29, 0.717) is 19.3 Å². The Morgan fingerprint density at radius 1 is 1.04 bits per heavy atom. The molecule has 0 aliphatic heterocycles. The quantitative estimate of drug-likeness (QED) is 0.614. The van der Waals surface area contributed by atoms with Gasteiger partial charge in [0.2, 0.25) is 0 Å². The summed E-state index contributed by atoms with van der Waals surface area (Å²) in [5.74, 6) is 1.55. The van der Waals surface area contributed by atoms with E-state index in [2.05, 4.69) is 17.4 Å². The van der Waals surface area contributed by atoms with Gasteiger partial charge in [-0.3, -0.25) is 0 Å². The SMILES string of the molecule is CCOc1cc(CNC2CCCC2)ccc1OCc1ccccc1Cl.Cl. The van der Waals surface area contributed by atoms with Crippen LogP contribution in [0.1, 0.15) is 43.7 Å². The molecule has 3 nitrogen and oxygen atoms in total. The van der Waals surface area contributed by atoms with Gasteiger partial charge in [0.15, 0.2) is 11.5 Å². The molecule has 26 heavy (non-hydrogen) atoms. The normalized spacial score (nSPS) is 14.1. The van der Waals surface area contributed by atoms with E-state index in [1.807, 2.05) is 37.3 Å². The fourth-order valence-corrected chi connectivity index (χ4v) is 3.40. The number of hydrogen-bond acceptors (Lipinski definition) is 3. The lowest BCUT2D eigenvalue weighted by Gasteiger charge is -2.16. The summed E-state index contributed by atoms with van der Waals surface area (Å²) in [5, 5.41) is 4.36. The highest BCUT2D eigenvalue weighted by Gasteiger charge is 2.14. The van der Waals surface area contributed by atoms with Gasteiger partial charge in [-0.15, -0.1) is 12.4 Å². The van der Waals surface area contributed by atoms with Crippen LogP contribution in [0, 0.1) is 0 Å². The number of benzene rings is 2. The smallest absolute Gasteiger partial charge is 0.161 e. The van der Waals surface area contributed by atoms with Crippen LogP contribution in [-0.2, 0) is 13.2 Å². The molecule has 0 unspecified atom stereocenters. The molecule has 1 aliphatic carbocycles. The van der Waals surface area contributed by atoms with Gasteiger partial charge in [0.1, 0.15) is 6.61 Å². The predicted octanol–water partition coefficient (Wildman–Crippen LogP) is 5.77. The van der Waals surface area contributed by atoms with Gasteiger partial charge in [0, 0.05) is 23.2 Å². The molecular weight excluding hydrogens is 369 g/mol. The van der Waals surface area contributed by atoms with Crippen LogP contribution in [0.3, 0.4) is 0 Å². The minimum Gasteiger partial charge on any atom is -0.490 e. The van der Waals surface area contributed by atoms with Crippen molar-refractivity contribution in [2.45, 2.75) is 51.8 Å². The first kappa shape index (κ1) is 20.9. The first-order chi connectivity index (χ1) is 12.3. The largest absolute Gasteiger partial charge is 0.490 e. The third-order valence-electron chi connectivity index (χ3n) is 4.60. The average molecular weight is 396 g/mol. The molecule has 0 saturated heterocycles. The molecule has 0 radical (unpaired) electrons. The standard InChI is InChI=1S/C21H26ClNO2.ClH/c1-2-24-21-13-16(14-23-18-8-4-5-9-18)11-12-20(21)25-15-17-7-3-6-10-19(17)22;/h3,6-7,10-13,18,23H,2,4-5,8-9,14-15H2,1H3;1H. The lowest BCUT2D eigenvalue weighted by molar-refractivity contribution is 0.269. The average Bonchev–Trinajstić information content (AvgIpc) is 3.14. The van der Waals surface area contributed by atoms with Gasteiger partial charge >= 0.3 is 0 Å². The Labute approximate surface area is 167 Å². The Hall–Kier alpha value is -1.42. The van der Waals surface area contributed by atoms with Crippen LogP contribution in [0.4, 0.5) is 0 Å². The van der Waals surface area contributed by atoms with Crippen LogP contribution in [0.25, 0.3) is 0 Å². The van der Waals surface area contributed by atoms with Gasteiger partial charge in [-0.1, -0.05) is 48.7 Å². The molecule has 1 aliphatic rings. The third kappa shape index (κ3) is 5.80. The minimum atomic E-state index is 0. The zero-order valence-electron chi connectivity index (χ0n) is 15.2. The minimum absolute atomic E-state index is 0. The molecule has 0 spiro atoms. The van der Waals surface area contributed by atoms with E-state index in [9.17, 15) is 0 Å². The van der Waals surface area contributed by atoms with Crippen molar-refractivity contribution in [3.05, 3.63) is 58.6 Å². The first-order valence-electron chi connectivity index (χ1n) is 9.11. The third-order valence-corrected chi connectivity index (χ3v) is 4.97. The van der Waals surface area contributed by atoms with E-state index in [1.165, 1.54) is 31.2 Å². The van der Waals surface area contributed by atoms with Crippen molar-refractivity contribution in [2.75, 3.05) is 6.61 Å². The van der Waals surface area contributed by atoms with Crippen molar-refractivity contribution >= 4 is 24.0 Å². The molecule has 0 heterocycles. The second-order valence-electron chi connectivity index (χ2n) is 6.46. The lowest BCUT2D eigenvalue weighted by atomic mass is 10.1. The maximum Gasteiger partial charge on any atom is 0.161 e. The molecule has 3 rings (SSSR count). The zero-order valence-corrected chi connectivity index (χ0v) is 16.7. The highest BCUT2D eigenvalue weighted by Crippen LogP contribution is 2.30. The Morgan fingerprint density at radius 2 is 1.81 bits per heavy atom. The molecular formula is C21H27Cl2NO2. The van der Waals surface area contributed by atoms with Crippen molar-refractivity contribution in [1.82, 2.24) is 5.32 Å². The maximum absolute atomic E-state index is 6.20. The molecule has 5 heteroatoms. The summed E-state index contributed by atoms with van der Waals surface area (Å²) in [7, 11) is 0. The molecule has 142 valence electrons. The number of nitrogens with one attached hydrogen (secondary N) is 1. The summed E-state index contributed by atoms with van der Waals surface area (Å²) in [6, 6.07) is 14.6. The van der Waals surface area contributed by atoms with Crippen molar-refractivity contribution in [3.8, 4) is 11.5 Å². The molecule has 0 amide bonds. The molecule has 2 aromatic carbocycles. The molecule has 0 atom stereocenters. The molecule has 1 saturated carbocycles. The van der Waals surface area contributed by atoms with E-state index in [0.717, 1.165) is 28.6 Å². The maximum atomic E-state index is 6.20. The molecule has 1 fully saturated rings. The van der Waals surface area contributed by atoms with E-state index in [-0.39, 0.29) is 12.4 Å². The number of hydrogen-bond donors (Lipinski definition) is 1. The van der Waals surface area contributed by atoms with Gasteiger partial charge in [0.05, 0.1) is 6.61 Å². The van der Waals surface area contributed by atoms with Crippen LogP contribution < -0.4 is 14.8 Å². The monoisotopic (exact) mass is 395 g/mol. The van der Waals surface area contributed by atoms with E-state index in [4.69, 9.17) is 21.1 Å². The Balaban J connectivity index is 0.00000243. The van der Waals surface area contributed by atoms with Crippen LogP contribution >= 0.6 is 24.0 Å². The Morgan fingerprint density at radius 3 is 2.54 bits per heavy atom. The second kappa shape index (κ2) is 10.7. The van der Waals surface area contributed by atoms with Crippen LogP contribution in [-0.4, -0.2) is 12.6 Å².